The fourth-order valence-corrected chi connectivity index (χ4v) is 3.11. The van der Waals surface area contributed by atoms with E-state index in [-0.39, 0.29) is 30.3 Å². The standard InChI is InChI=1S/C14H14FN5O4S/c15-10-3-7(1-2-9(10)12-19-18-11(21)6-25-12)20-5-8(24-14(20)23)4-17-13(16)22/h1-3,8H,4-6H2,(H,18,21)(H3,16,17,22). The topological polar surface area (TPSA) is 126 Å². The van der Waals surface area contributed by atoms with E-state index in [1.165, 1.54) is 17.0 Å². The molecule has 9 nitrogen and oxygen atoms in total. The van der Waals surface area contributed by atoms with Crippen LogP contribution in [-0.2, 0) is 9.53 Å². The first kappa shape index (κ1) is 17.0. The molecule has 4 N–H and O–H groups in total. The molecule has 0 radical (unpaired) electrons. The number of anilines is 1. The average molecular weight is 367 g/mol. The number of hydrogen-bond donors (Lipinski definition) is 3. The summed E-state index contributed by atoms with van der Waals surface area (Å²) in [5.74, 6) is -0.667. The zero-order valence-corrected chi connectivity index (χ0v) is 13.6. The van der Waals surface area contributed by atoms with Crippen molar-refractivity contribution in [2.75, 3.05) is 23.7 Å². The van der Waals surface area contributed by atoms with Gasteiger partial charge in [0.25, 0.3) is 5.91 Å². The number of hydrogen-bond acceptors (Lipinski definition) is 6. The van der Waals surface area contributed by atoms with E-state index < -0.39 is 24.0 Å². The van der Waals surface area contributed by atoms with E-state index in [9.17, 15) is 18.8 Å². The highest BCUT2D eigenvalue weighted by Crippen LogP contribution is 2.26. The quantitative estimate of drug-likeness (QED) is 0.708. The molecule has 0 bridgehead atoms. The van der Waals surface area contributed by atoms with Gasteiger partial charge in [0.05, 0.1) is 24.5 Å². The predicted octanol–water partition coefficient (Wildman–Crippen LogP) is 0.344. The van der Waals surface area contributed by atoms with Gasteiger partial charge in [-0.2, -0.15) is 5.10 Å². The van der Waals surface area contributed by atoms with Gasteiger partial charge in [-0.3, -0.25) is 9.69 Å². The number of nitrogens with one attached hydrogen (secondary N) is 2. The zero-order chi connectivity index (χ0) is 18.0. The smallest absolute Gasteiger partial charge is 0.414 e. The van der Waals surface area contributed by atoms with Gasteiger partial charge in [0.2, 0.25) is 0 Å². The van der Waals surface area contributed by atoms with Crippen molar-refractivity contribution in [3.63, 3.8) is 0 Å². The van der Waals surface area contributed by atoms with Crippen LogP contribution in [0.25, 0.3) is 0 Å². The first-order chi connectivity index (χ1) is 11.9. The molecule has 3 rings (SSSR count). The summed E-state index contributed by atoms with van der Waals surface area (Å²) in [7, 11) is 0. The van der Waals surface area contributed by atoms with Crippen LogP contribution in [0.4, 0.5) is 19.7 Å². The molecule has 0 spiro atoms. The van der Waals surface area contributed by atoms with Crippen LogP contribution in [0.3, 0.4) is 0 Å². The maximum absolute atomic E-state index is 14.4. The van der Waals surface area contributed by atoms with E-state index in [0.717, 1.165) is 11.8 Å². The highest BCUT2D eigenvalue weighted by Gasteiger charge is 2.33. The highest BCUT2D eigenvalue weighted by molar-refractivity contribution is 8.15. The fourth-order valence-electron chi connectivity index (χ4n) is 2.35. The van der Waals surface area contributed by atoms with Crippen LogP contribution >= 0.6 is 11.8 Å². The second-order valence-electron chi connectivity index (χ2n) is 5.27. The number of nitrogens with two attached hydrogens (primary N) is 1. The lowest BCUT2D eigenvalue weighted by molar-refractivity contribution is -0.118. The van der Waals surface area contributed by atoms with Gasteiger partial charge in [-0.1, -0.05) is 11.8 Å². The van der Waals surface area contributed by atoms with Gasteiger partial charge in [0.1, 0.15) is 17.0 Å². The Morgan fingerprint density at radius 2 is 2.32 bits per heavy atom. The predicted molar refractivity (Wildman–Crippen MR) is 88.7 cm³/mol. The van der Waals surface area contributed by atoms with Crippen molar-refractivity contribution in [3.05, 3.63) is 29.6 Å². The Bertz CT molecular complexity index is 772. The molecule has 4 amide bonds. The average Bonchev–Trinajstić information content (AvgIpc) is 2.95. The lowest BCUT2D eigenvalue weighted by Gasteiger charge is -2.16. The lowest BCUT2D eigenvalue weighted by Crippen LogP contribution is -2.37. The van der Waals surface area contributed by atoms with Crippen molar-refractivity contribution >= 4 is 40.5 Å². The third-order valence-corrected chi connectivity index (χ3v) is 4.49. The molecule has 1 aromatic carbocycles. The van der Waals surface area contributed by atoms with E-state index in [0.29, 0.717) is 10.7 Å². The molecule has 132 valence electrons. The van der Waals surface area contributed by atoms with Crippen LogP contribution in [0.15, 0.2) is 23.3 Å². The first-order valence-corrected chi connectivity index (χ1v) is 8.23. The molecular weight excluding hydrogens is 353 g/mol. The molecule has 0 aromatic heterocycles. The fraction of sp³-hybridized carbons (Fsp3) is 0.286. The minimum absolute atomic E-state index is 0.0747. The van der Waals surface area contributed by atoms with Gasteiger partial charge >= 0.3 is 12.1 Å². The summed E-state index contributed by atoms with van der Waals surface area (Å²) in [6.45, 7) is 0.231. The van der Waals surface area contributed by atoms with E-state index in [1.54, 1.807) is 6.07 Å². The molecule has 11 heteroatoms. The summed E-state index contributed by atoms with van der Waals surface area (Å²) in [6.07, 6.45) is -1.21. The Morgan fingerprint density at radius 1 is 1.52 bits per heavy atom. The lowest BCUT2D eigenvalue weighted by atomic mass is 10.2. The Hall–Kier alpha value is -2.82. The summed E-state index contributed by atoms with van der Waals surface area (Å²) >= 11 is 1.13. The van der Waals surface area contributed by atoms with E-state index in [4.69, 9.17) is 10.5 Å². The van der Waals surface area contributed by atoms with Gasteiger partial charge in [0.15, 0.2) is 0 Å². The van der Waals surface area contributed by atoms with Gasteiger partial charge in [-0.05, 0) is 18.2 Å². The molecule has 1 unspecified atom stereocenters. The van der Waals surface area contributed by atoms with Crippen molar-refractivity contribution in [1.29, 1.82) is 0 Å². The van der Waals surface area contributed by atoms with Gasteiger partial charge in [0, 0.05) is 5.56 Å². The maximum Gasteiger partial charge on any atom is 0.414 e. The number of nitrogens with zero attached hydrogens (tertiary/aromatic N) is 2. The van der Waals surface area contributed by atoms with Crippen molar-refractivity contribution in [1.82, 2.24) is 10.7 Å². The summed E-state index contributed by atoms with van der Waals surface area (Å²) in [4.78, 5) is 35.0. The minimum Gasteiger partial charge on any atom is -0.442 e. The van der Waals surface area contributed by atoms with Crippen LogP contribution in [0, 0.1) is 5.82 Å². The summed E-state index contributed by atoms with van der Waals surface area (Å²) in [6, 6.07) is 3.52. The zero-order valence-electron chi connectivity index (χ0n) is 12.8. The molecular formula is C14H14FN5O4S. The second kappa shape index (κ2) is 6.97. The molecule has 1 fully saturated rings. The van der Waals surface area contributed by atoms with Gasteiger partial charge in [-0.25, -0.2) is 19.4 Å². The monoisotopic (exact) mass is 367 g/mol. The van der Waals surface area contributed by atoms with Gasteiger partial charge < -0.3 is 15.8 Å². The van der Waals surface area contributed by atoms with Crippen LogP contribution in [-0.4, -0.2) is 48.0 Å². The number of carbonyl (C=O) groups is 3. The van der Waals surface area contributed by atoms with E-state index in [1.807, 2.05) is 0 Å². The molecule has 1 aromatic rings. The first-order valence-electron chi connectivity index (χ1n) is 7.24. The number of halogens is 1. The highest BCUT2D eigenvalue weighted by atomic mass is 32.2. The summed E-state index contributed by atoms with van der Waals surface area (Å²) in [5.41, 5.74) is 7.82. The van der Waals surface area contributed by atoms with Crippen molar-refractivity contribution in [3.8, 4) is 0 Å². The number of carbonyl (C=O) groups excluding carboxylic acids is 3. The Labute approximate surface area is 145 Å². The van der Waals surface area contributed by atoms with Crippen molar-refractivity contribution in [2.24, 2.45) is 10.8 Å². The molecule has 1 atom stereocenters. The summed E-state index contributed by atoms with van der Waals surface area (Å²) in [5, 5.41) is 6.53. The molecule has 0 saturated carbocycles. The largest absolute Gasteiger partial charge is 0.442 e. The minimum atomic E-state index is -0.720. The summed E-state index contributed by atoms with van der Waals surface area (Å²) < 4.78 is 19.5. The van der Waals surface area contributed by atoms with E-state index in [2.05, 4.69) is 15.8 Å². The van der Waals surface area contributed by atoms with Crippen molar-refractivity contribution in [2.45, 2.75) is 6.10 Å². The number of benzene rings is 1. The number of rotatable bonds is 4. The second-order valence-corrected chi connectivity index (χ2v) is 6.23. The van der Waals surface area contributed by atoms with Crippen LogP contribution in [0.2, 0.25) is 0 Å². The van der Waals surface area contributed by atoms with Crippen LogP contribution < -0.4 is 21.4 Å². The number of ether oxygens (including phenoxy) is 1. The molecule has 25 heavy (non-hydrogen) atoms. The number of hydrazone groups is 1. The van der Waals surface area contributed by atoms with E-state index >= 15 is 0 Å². The molecule has 2 aliphatic rings. The Morgan fingerprint density at radius 3 is 2.96 bits per heavy atom. The number of urea groups is 1. The van der Waals surface area contributed by atoms with Crippen LogP contribution in [0.5, 0.6) is 0 Å². The maximum atomic E-state index is 14.4. The number of thioether (sulfide) groups is 1. The molecule has 2 heterocycles. The number of amides is 4. The number of primary amides is 1. The normalized spacial score (nSPS) is 20.0. The van der Waals surface area contributed by atoms with Crippen molar-refractivity contribution < 1.29 is 23.5 Å². The Kier molecular flexibility index (Phi) is 4.74. The van der Waals surface area contributed by atoms with Crippen LogP contribution in [0.1, 0.15) is 5.56 Å². The van der Waals surface area contributed by atoms with Gasteiger partial charge in [-0.15, -0.1) is 0 Å². The third-order valence-electron chi connectivity index (χ3n) is 3.49. The third kappa shape index (κ3) is 3.82. The SMILES string of the molecule is NC(=O)NCC1CN(c2ccc(C3=NNC(=O)CS3)c(F)c2)C(=O)O1. The Balaban J connectivity index is 1.73. The molecule has 1 saturated heterocycles. The molecule has 2 aliphatic heterocycles. The molecule has 0 aliphatic carbocycles. The number of cyclic esters (lactones) is 1.